The summed E-state index contributed by atoms with van der Waals surface area (Å²) in [4.78, 5) is 24.6. The highest BCUT2D eigenvalue weighted by molar-refractivity contribution is 5.75. The van der Waals surface area contributed by atoms with Crippen LogP contribution < -0.4 is 5.32 Å². The van der Waals surface area contributed by atoms with Gasteiger partial charge in [-0.05, 0) is 30.9 Å². The third kappa shape index (κ3) is 4.02. The Morgan fingerprint density at radius 1 is 1.45 bits per heavy atom. The van der Waals surface area contributed by atoms with E-state index in [9.17, 15) is 9.59 Å². The van der Waals surface area contributed by atoms with Crippen LogP contribution in [0.2, 0.25) is 0 Å². The molecule has 0 bridgehead atoms. The number of furan rings is 1. The molecule has 1 aromatic heterocycles. The van der Waals surface area contributed by atoms with E-state index in [1.165, 1.54) is 0 Å². The van der Waals surface area contributed by atoms with Crippen molar-refractivity contribution in [3.8, 4) is 0 Å². The van der Waals surface area contributed by atoms with Crippen LogP contribution in [-0.2, 0) is 11.2 Å². The monoisotopic (exact) mass is 308 g/mol. The highest BCUT2D eigenvalue weighted by Crippen LogP contribution is 2.34. The summed E-state index contributed by atoms with van der Waals surface area (Å²) < 4.78 is 5.83. The number of likely N-dealkylation sites (tertiary alicyclic amines) is 1. The van der Waals surface area contributed by atoms with Gasteiger partial charge in [-0.2, -0.15) is 0 Å². The van der Waals surface area contributed by atoms with E-state index in [1.807, 2.05) is 19.1 Å². The van der Waals surface area contributed by atoms with E-state index in [4.69, 9.17) is 9.52 Å². The maximum atomic E-state index is 12.3. The molecule has 0 aliphatic carbocycles. The summed E-state index contributed by atoms with van der Waals surface area (Å²) in [5.41, 5.74) is 0. The fourth-order valence-electron chi connectivity index (χ4n) is 2.80. The smallest absolute Gasteiger partial charge is 0.318 e. The SMILES string of the molecule is CCc1ccc(C2CC(C)CCN2C(=O)NCCC(=O)O)o1. The summed E-state index contributed by atoms with van der Waals surface area (Å²) in [6.07, 6.45) is 2.57. The summed E-state index contributed by atoms with van der Waals surface area (Å²) in [6.45, 7) is 5.01. The Labute approximate surface area is 130 Å². The maximum Gasteiger partial charge on any atom is 0.318 e. The van der Waals surface area contributed by atoms with E-state index in [0.717, 1.165) is 30.8 Å². The van der Waals surface area contributed by atoms with Crippen molar-refractivity contribution in [2.75, 3.05) is 13.1 Å². The third-order valence-corrected chi connectivity index (χ3v) is 4.10. The third-order valence-electron chi connectivity index (χ3n) is 4.10. The first-order valence-electron chi connectivity index (χ1n) is 7.86. The summed E-state index contributed by atoms with van der Waals surface area (Å²) in [5.74, 6) is 1.35. The number of carbonyl (C=O) groups is 2. The van der Waals surface area contributed by atoms with Crippen molar-refractivity contribution in [2.45, 2.75) is 45.6 Å². The fraction of sp³-hybridized carbons (Fsp3) is 0.625. The molecule has 2 N–H and O–H groups in total. The van der Waals surface area contributed by atoms with E-state index >= 15 is 0 Å². The lowest BCUT2D eigenvalue weighted by Crippen LogP contribution is -2.46. The Morgan fingerprint density at radius 2 is 2.23 bits per heavy atom. The van der Waals surface area contributed by atoms with Crippen molar-refractivity contribution < 1.29 is 19.1 Å². The number of aryl methyl sites for hydroxylation is 1. The molecule has 6 nitrogen and oxygen atoms in total. The molecule has 0 spiro atoms. The number of hydrogen-bond donors (Lipinski definition) is 2. The van der Waals surface area contributed by atoms with Crippen LogP contribution in [0, 0.1) is 5.92 Å². The number of amides is 2. The van der Waals surface area contributed by atoms with Crippen LogP contribution >= 0.6 is 0 Å². The van der Waals surface area contributed by atoms with Gasteiger partial charge >= 0.3 is 12.0 Å². The number of aliphatic carboxylic acids is 1. The zero-order valence-electron chi connectivity index (χ0n) is 13.2. The molecule has 1 aliphatic heterocycles. The number of piperidine rings is 1. The van der Waals surface area contributed by atoms with Crippen molar-refractivity contribution in [1.29, 1.82) is 0 Å². The Hall–Kier alpha value is -1.98. The zero-order chi connectivity index (χ0) is 16.1. The highest BCUT2D eigenvalue weighted by Gasteiger charge is 2.32. The molecule has 2 unspecified atom stereocenters. The molecular weight excluding hydrogens is 284 g/mol. The number of nitrogens with zero attached hydrogens (tertiary/aromatic N) is 1. The number of carboxylic acid groups (broad SMARTS) is 1. The van der Waals surface area contributed by atoms with Gasteiger partial charge in [0.1, 0.15) is 11.5 Å². The lowest BCUT2D eigenvalue weighted by atomic mass is 9.91. The van der Waals surface area contributed by atoms with E-state index in [0.29, 0.717) is 12.5 Å². The molecule has 2 amide bonds. The molecular formula is C16H24N2O4. The van der Waals surface area contributed by atoms with Gasteiger partial charge in [0.2, 0.25) is 0 Å². The first kappa shape index (κ1) is 16.4. The molecule has 122 valence electrons. The van der Waals surface area contributed by atoms with Gasteiger partial charge in [0.25, 0.3) is 0 Å². The van der Waals surface area contributed by atoms with Gasteiger partial charge in [-0.25, -0.2) is 4.79 Å². The van der Waals surface area contributed by atoms with Gasteiger partial charge in [-0.15, -0.1) is 0 Å². The summed E-state index contributed by atoms with van der Waals surface area (Å²) in [5, 5.41) is 11.3. The lowest BCUT2D eigenvalue weighted by Gasteiger charge is -2.37. The normalized spacial score (nSPS) is 21.6. The molecule has 0 radical (unpaired) electrons. The molecule has 1 fully saturated rings. The number of nitrogens with one attached hydrogen (secondary N) is 1. The molecule has 0 saturated carbocycles. The van der Waals surface area contributed by atoms with Gasteiger partial charge in [0, 0.05) is 19.5 Å². The molecule has 2 heterocycles. The summed E-state index contributed by atoms with van der Waals surface area (Å²) in [6, 6.07) is 3.61. The van der Waals surface area contributed by atoms with E-state index in [-0.39, 0.29) is 25.0 Å². The summed E-state index contributed by atoms with van der Waals surface area (Å²) in [7, 11) is 0. The predicted octanol–water partition coefficient (Wildman–Crippen LogP) is 2.80. The van der Waals surface area contributed by atoms with Crippen molar-refractivity contribution in [3.63, 3.8) is 0 Å². The van der Waals surface area contributed by atoms with Crippen molar-refractivity contribution >= 4 is 12.0 Å². The largest absolute Gasteiger partial charge is 0.481 e. The quantitative estimate of drug-likeness (QED) is 0.876. The van der Waals surface area contributed by atoms with Crippen molar-refractivity contribution in [3.05, 3.63) is 23.7 Å². The zero-order valence-corrected chi connectivity index (χ0v) is 13.2. The molecule has 1 aliphatic rings. The minimum atomic E-state index is -0.914. The number of hydrogen-bond acceptors (Lipinski definition) is 3. The molecule has 0 aromatic carbocycles. The van der Waals surface area contributed by atoms with E-state index < -0.39 is 5.97 Å². The van der Waals surface area contributed by atoms with Crippen LogP contribution in [0.3, 0.4) is 0 Å². The van der Waals surface area contributed by atoms with Crippen LogP contribution in [0.4, 0.5) is 4.79 Å². The number of rotatable bonds is 5. The number of carbonyl (C=O) groups excluding carboxylic acids is 1. The number of carboxylic acids is 1. The van der Waals surface area contributed by atoms with Gasteiger partial charge < -0.3 is 19.7 Å². The van der Waals surface area contributed by atoms with Gasteiger partial charge in [-0.1, -0.05) is 13.8 Å². The fourth-order valence-corrected chi connectivity index (χ4v) is 2.80. The van der Waals surface area contributed by atoms with Crippen LogP contribution in [0.25, 0.3) is 0 Å². The van der Waals surface area contributed by atoms with Crippen LogP contribution in [-0.4, -0.2) is 35.1 Å². The highest BCUT2D eigenvalue weighted by atomic mass is 16.4. The minimum Gasteiger partial charge on any atom is -0.481 e. The van der Waals surface area contributed by atoms with E-state index in [2.05, 4.69) is 12.2 Å². The average Bonchev–Trinajstić information content (AvgIpc) is 2.95. The molecule has 2 atom stereocenters. The standard InChI is InChI=1S/C16H24N2O4/c1-3-12-4-5-14(22-12)13-10-11(2)7-9-18(13)16(21)17-8-6-15(19)20/h4-5,11,13H,3,6-10H2,1-2H3,(H,17,21)(H,19,20). The second-order valence-electron chi connectivity index (χ2n) is 5.87. The Morgan fingerprint density at radius 3 is 2.86 bits per heavy atom. The average molecular weight is 308 g/mol. The first-order valence-corrected chi connectivity index (χ1v) is 7.86. The Bertz CT molecular complexity index is 526. The van der Waals surface area contributed by atoms with Crippen molar-refractivity contribution in [1.82, 2.24) is 10.2 Å². The molecule has 6 heteroatoms. The van der Waals surface area contributed by atoms with Crippen LogP contribution in [0.1, 0.15) is 50.7 Å². The van der Waals surface area contributed by atoms with E-state index in [1.54, 1.807) is 4.90 Å². The maximum absolute atomic E-state index is 12.3. The topological polar surface area (TPSA) is 82.8 Å². The Kier molecular flexibility index (Phi) is 5.46. The molecule has 1 aromatic rings. The van der Waals surface area contributed by atoms with Crippen molar-refractivity contribution in [2.24, 2.45) is 5.92 Å². The summed E-state index contributed by atoms with van der Waals surface area (Å²) >= 11 is 0. The predicted molar refractivity (Wildman–Crippen MR) is 81.6 cm³/mol. The molecule has 1 saturated heterocycles. The van der Waals surface area contributed by atoms with Gasteiger partial charge in [0.15, 0.2) is 0 Å². The van der Waals surface area contributed by atoms with Gasteiger partial charge in [0.05, 0.1) is 12.5 Å². The van der Waals surface area contributed by atoms with Crippen LogP contribution in [0.15, 0.2) is 16.5 Å². The number of urea groups is 1. The Balaban J connectivity index is 2.05. The first-order chi connectivity index (χ1) is 10.5. The lowest BCUT2D eigenvalue weighted by molar-refractivity contribution is -0.136. The second kappa shape index (κ2) is 7.33. The molecule has 2 rings (SSSR count). The van der Waals surface area contributed by atoms with Crippen LogP contribution in [0.5, 0.6) is 0 Å². The van der Waals surface area contributed by atoms with Gasteiger partial charge in [-0.3, -0.25) is 4.79 Å². The second-order valence-corrected chi connectivity index (χ2v) is 5.87. The molecule has 22 heavy (non-hydrogen) atoms. The minimum absolute atomic E-state index is 0.0681.